The van der Waals surface area contributed by atoms with Crippen molar-refractivity contribution in [2.45, 2.75) is 21.6 Å². The summed E-state index contributed by atoms with van der Waals surface area (Å²) in [6, 6.07) is 27.4. The lowest BCUT2D eigenvalue weighted by Crippen LogP contribution is -2.00. The van der Waals surface area contributed by atoms with Gasteiger partial charge in [0.05, 0.1) is 15.8 Å². The summed E-state index contributed by atoms with van der Waals surface area (Å²) in [5.41, 5.74) is 0.488. The van der Waals surface area contributed by atoms with Gasteiger partial charge in [-0.25, -0.2) is 8.42 Å². The van der Waals surface area contributed by atoms with Gasteiger partial charge in [0.15, 0.2) is 9.79 Å². The van der Waals surface area contributed by atoms with E-state index in [-0.39, 0.29) is 15.8 Å². The molecule has 0 spiro atoms. The molecule has 0 fully saturated rings. The van der Waals surface area contributed by atoms with E-state index in [0.717, 1.165) is 0 Å². The SMILES string of the molecule is C[S+](c1ccccc1)c1ccccc1.Cc1ccccc1S(=O)(=O)[O-]. The van der Waals surface area contributed by atoms with Crippen molar-refractivity contribution in [1.82, 2.24) is 0 Å². The molecule has 3 rings (SSSR count). The molecule has 0 heterocycles. The van der Waals surface area contributed by atoms with Crippen LogP contribution in [0.5, 0.6) is 0 Å². The molecule has 0 aliphatic carbocycles. The largest absolute Gasteiger partial charge is 0.744 e. The zero-order chi connectivity index (χ0) is 18.3. The summed E-state index contributed by atoms with van der Waals surface area (Å²) in [5, 5.41) is 0. The maximum Gasteiger partial charge on any atom is 0.160 e. The molecule has 3 aromatic rings. The molecule has 3 nitrogen and oxygen atoms in total. The van der Waals surface area contributed by atoms with Gasteiger partial charge in [-0.15, -0.1) is 0 Å². The summed E-state index contributed by atoms with van der Waals surface area (Å²) in [4.78, 5) is 2.66. The smallest absolute Gasteiger partial charge is 0.160 e. The Bertz CT molecular complexity index is 853. The van der Waals surface area contributed by atoms with Crippen LogP contribution >= 0.6 is 0 Å². The van der Waals surface area contributed by atoms with Gasteiger partial charge in [-0.2, -0.15) is 0 Å². The van der Waals surface area contributed by atoms with Gasteiger partial charge in [0.25, 0.3) is 0 Å². The fraction of sp³-hybridized carbons (Fsp3) is 0.100. The first-order valence-corrected chi connectivity index (χ1v) is 10.7. The van der Waals surface area contributed by atoms with Crippen LogP contribution < -0.4 is 0 Å². The minimum atomic E-state index is -4.28. The highest BCUT2D eigenvalue weighted by atomic mass is 32.2. The highest BCUT2D eigenvalue weighted by molar-refractivity contribution is 7.96. The van der Waals surface area contributed by atoms with Gasteiger partial charge >= 0.3 is 0 Å². The van der Waals surface area contributed by atoms with Gasteiger partial charge in [-0.1, -0.05) is 54.6 Å². The summed E-state index contributed by atoms with van der Waals surface area (Å²) < 4.78 is 31.5. The van der Waals surface area contributed by atoms with Crippen LogP contribution in [0.1, 0.15) is 5.56 Å². The molecule has 0 saturated carbocycles. The second-order valence-corrected chi connectivity index (χ2v) is 8.67. The van der Waals surface area contributed by atoms with Crippen LogP contribution in [-0.4, -0.2) is 19.2 Å². The molecule has 0 aliphatic heterocycles. The zero-order valence-electron chi connectivity index (χ0n) is 14.1. The molecule has 5 heteroatoms. The van der Waals surface area contributed by atoms with Gasteiger partial charge in [0.1, 0.15) is 16.4 Å². The second-order valence-electron chi connectivity index (χ2n) is 5.36. The predicted octanol–water partition coefficient (Wildman–Crippen LogP) is 4.25. The number of benzene rings is 3. The Balaban J connectivity index is 0.000000186. The van der Waals surface area contributed by atoms with Crippen LogP contribution in [0.2, 0.25) is 0 Å². The van der Waals surface area contributed by atoms with Crippen molar-refractivity contribution in [2.24, 2.45) is 0 Å². The molecule has 0 aromatic heterocycles. The summed E-state index contributed by atoms with van der Waals surface area (Å²) in [6.45, 7) is 1.59. The Hall–Kier alpha value is -2.08. The minimum absolute atomic E-state index is 0.139. The average Bonchev–Trinajstić information content (AvgIpc) is 2.62. The Morgan fingerprint density at radius 2 is 1.12 bits per heavy atom. The van der Waals surface area contributed by atoms with Crippen LogP contribution in [0.15, 0.2) is 99.6 Å². The highest BCUT2D eigenvalue weighted by Crippen LogP contribution is 2.19. The summed E-state index contributed by atoms with van der Waals surface area (Å²) in [5.74, 6) is 0. The molecule has 0 bridgehead atoms. The number of hydrogen-bond donors (Lipinski definition) is 0. The maximum absolute atomic E-state index is 10.5. The lowest BCUT2D eigenvalue weighted by Gasteiger charge is -2.08. The topological polar surface area (TPSA) is 57.2 Å². The molecule has 0 saturated heterocycles. The summed E-state index contributed by atoms with van der Waals surface area (Å²) in [6.07, 6.45) is 2.27. The van der Waals surface area contributed by atoms with Crippen LogP contribution in [0.4, 0.5) is 0 Å². The van der Waals surface area contributed by atoms with Gasteiger partial charge < -0.3 is 4.55 Å². The van der Waals surface area contributed by atoms with Gasteiger partial charge in [0, 0.05) is 0 Å². The Kier molecular flexibility index (Phi) is 6.82. The van der Waals surface area contributed by atoms with E-state index in [4.69, 9.17) is 0 Å². The molecule has 0 amide bonds. The monoisotopic (exact) mass is 372 g/mol. The molecular formula is C20H20O3S2. The van der Waals surface area contributed by atoms with E-state index in [1.165, 1.54) is 21.9 Å². The summed E-state index contributed by atoms with van der Waals surface area (Å²) >= 11 is 0. The maximum atomic E-state index is 10.5. The molecule has 25 heavy (non-hydrogen) atoms. The van der Waals surface area contributed by atoms with Gasteiger partial charge in [-0.05, 0) is 42.8 Å². The number of hydrogen-bond acceptors (Lipinski definition) is 3. The Morgan fingerprint density at radius 3 is 1.48 bits per heavy atom. The van der Waals surface area contributed by atoms with Crippen molar-refractivity contribution in [2.75, 3.05) is 6.26 Å². The number of aryl methyl sites for hydroxylation is 1. The molecule has 0 atom stereocenters. The first kappa shape index (κ1) is 19.2. The minimum Gasteiger partial charge on any atom is -0.744 e. The van der Waals surface area contributed by atoms with Gasteiger partial charge in [0.2, 0.25) is 0 Å². The Morgan fingerprint density at radius 1 is 0.720 bits per heavy atom. The van der Waals surface area contributed by atoms with Crippen LogP contribution in [0.3, 0.4) is 0 Å². The van der Waals surface area contributed by atoms with Crippen molar-refractivity contribution in [3.8, 4) is 0 Å². The zero-order valence-corrected chi connectivity index (χ0v) is 15.8. The third kappa shape index (κ3) is 5.74. The fourth-order valence-corrected chi connectivity index (χ4v) is 4.33. The molecule has 0 aliphatic rings. The lowest BCUT2D eigenvalue weighted by molar-refractivity contribution is 0.462. The fourth-order valence-electron chi connectivity index (χ4n) is 2.22. The molecule has 130 valence electrons. The van der Waals surface area contributed by atoms with E-state index in [9.17, 15) is 13.0 Å². The van der Waals surface area contributed by atoms with E-state index in [1.807, 2.05) is 0 Å². The van der Waals surface area contributed by atoms with Crippen LogP contribution in [0, 0.1) is 6.92 Å². The third-order valence-electron chi connectivity index (χ3n) is 3.56. The van der Waals surface area contributed by atoms with E-state index in [2.05, 4.69) is 66.9 Å². The van der Waals surface area contributed by atoms with Crippen molar-refractivity contribution < 1.29 is 13.0 Å². The second kappa shape index (κ2) is 8.85. The van der Waals surface area contributed by atoms with Crippen molar-refractivity contribution in [3.63, 3.8) is 0 Å². The predicted molar refractivity (Wildman–Crippen MR) is 102 cm³/mol. The molecule has 0 radical (unpaired) electrons. The quantitative estimate of drug-likeness (QED) is 0.510. The van der Waals surface area contributed by atoms with E-state index < -0.39 is 10.1 Å². The molecule has 0 unspecified atom stereocenters. The van der Waals surface area contributed by atoms with E-state index >= 15 is 0 Å². The van der Waals surface area contributed by atoms with Gasteiger partial charge in [-0.3, -0.25) is 0 Å². The van der Waals surface area contributed by atoms with Crippen LogP contribution in [0.25, 0.3) is 0 Å². The first-order valence-electron chi connectivity index (χ1n) is 7.67. The first-order chi connectivity index (χ1) is 11.9. The molecule has 0 N–H and O–H groups in total. The van der Waals surface area contributed by atoms with Crippen molar-refractivity contribution >= 4 is 21.0 Å². The molecular weight excluding hydrogens is 352 g/mol. The number of rotatable bonds is 3. The highest BCUT2D eigenvalue weighted by Gasteiger charge is 2.17. The van der Waals surface area contributed by atoms with E-state index in [0.29, 0.717) is 5.56 Å². The van der Waals surface area contributed by atoms with E-state index in [1.54, 1.807) is 19.1 Å². The normalized spacial score (nSPS) is 10.9. The van der Waals surface area contributed by atoms with Crippen LogP contribution in [-0.2, 0) is 21.0 Å². The standard InChI is InChI=1S/C13H13S.C7H8O3S/c1-14(12-8-4-2-5-9-12)13-10-6-3-7-11-13;1-6-4-2-3-5-7(6)11(8,9)10/h2-11H,1H3;2-5H,1H3,(H,8,9,10)/q+1;/p-1. The van der Waals surface area contributed by atoms with Crippen molar-refractivity contribution in [1.29, 1.82) is 0 Å². The summed E-state index contributed by atoms with van der Waals surface area (Å²) in [7, 11) is -4.08. The molecule has 3 aromatic carbocycles. The Labute approximate surface area is 152 Å². The van der Waals surface area contributed by atoms with Crippen molar-refractivity contribution in [3.05, 3.63) is 90.5 Å². The average molecular weight is 373 g/mol. The lowest BCUT2D eigenvalue weighted by atomic mass is 10.2. The third-order valence-corrected chi connectivity index (χ3v) is 6.51.